The number of anilines is 2. The third kappa shape index (κ3) is 1.91. The molecule has 134 valence electrons. The van der Waals surface area contributed by atoms with Gasteiger partial charge in [-0.2, -0.15) is 5.26 Å². The van der Waals surface area contributed by atoms with Crippen LogP contribution in [0.3, 0.4) is 0 Å². The van der Waals surface area contributed by atoms with Gasteiger partial charge in [0.25, 0.3) is 0 Å². The summed E-state index contributed by atoms with van der Waals surface area (Å²) in [5.74, 6) is 1.07. The van der Waals surface area contributed by atoms with E-state index in [1.807, 2.05) is 42.5 Å². The fourth-order valence-electron chi connectivity index (χ4n) is 3.71. The molecule has 0 spiro atoms. The number of nitrogens with two attached hydrogens (primary N) is 2. The Balaban J connectivity index is 1.92. The van der Waals surface area contributed by atoms with Gasteiger partial charge in [0.2, 0.25) is 5.88 Å². The topological polar surface area (TPSA) is 126 Å². The summed E-state index contributed by atoms with van der Waals surface area (Å²) in [4.78, 5) is 4.36. The number of benzene rings is 2. The fourth-order valence-corrected chi connectivity index (χ4v) is 3.71. The highest BCUT2D eigenvalue weighted by molar-refractivity contribution is 6.03. The van der Waals surface area contributed by atoms with Crippen LogP contribution in [-0.4, -0.2) is 9.38 Å². The smallest absolute Gasteiger partial charge is 0.219 e. The Morgan fingerprint density at radius 2 is 1.93 bits per heavy atom. The maximum atomic E-state index is 9.49. The predicted molar refractivity (Wildman–Crippen MR) is 107 cm³/mol. The van der Waals surface area contributed by atoms with Gasteiger partial charge in [-0.15, -0.1) is 0 Å². The van der Waals surface area contributed by atoms with E-state index in [4.69, 9.17) is 21.6 Å². The Bertz CT molecular complexity index is 1460. The molecule has 7 nitrogen and oxygen atoms in total. The van der Waals surface area contributed by atoms with Crippen LogP contribution < -0.4 is 21.7 Å². The number of nitrogens with zero attached hydrogens (tertiary/aromatic N) is 3. The number of aromatic nitrogens is 2. The lowest BCUT2D eigenvalue weighted by Crippen LogP contribution is -2.22. The number of nitrogens with one attached hydrogen (secondary N) is 1. The van der Waals surface area contributed by atoms with E-state index in [-0.39, 0.29) is 28.2 Å². The first-order chi connectivity index (χ1) is 13.5. The Morgan fingerprint density at radius 3 is 2.71 bits per heavy atom. The minimum Gasteiger partial charge on any atom is -0.439 e. The van der Waals surface area contributed by atoms with Crippen molar-refractivity contribution >= 4 is 33.5 Å². The molecule has 0 saturated heterocycles. The van der Waals surface area contributed by atoms with E-state index >= 15 is 0 Å². The van der Waals surface area contributed by atoms with Gasteiger partial charge in [0, 0.05) is 11.6 Å². The highest BCUT2D eigenvalue weighted by Crippen LogP contribution is 2.47. The van der Waals surface area contributed by atoms with Crippen molar-refractivity contribution in [1.82, 2.24) is 9.38 Å². The molecule has 7 heteroatoms. The average molecular weight is 366 g/mol. The van der Waals surface area contributed by atoms with Gasteiger partial charge in [-0.25, -0.2) is 9.38 Å². The molecular weight excluding hydrogens is 352 g/mol. The van der Waals surface area contributed by atoms with Gasteiger partial charge in [-0.1, -0.05) is 36.9 Å². The van der Waals surface area contributed by atoms with Crippen molar-refractivity contribution in [3.05, 3.63) is 71.2 Å². The molecule has 0 bridgehead atoms. The second-order valence-electron chi connectivity index (χ2n) is 6.55. The highest BCUT2D eigenvalue weighted by Gasteiger charge is 2.29. The molecule has 0 saturated carbocycles. The average Bonchev–Trinajstić information content (AvgIpc) is 2.67. The highest BCUT2D eigenvalue weighted by atomic mass is 16.5. The van der Waals surface area contributed by atoms with Gasteiger partial charge in [-0.05, 0) is 22.4 Å². The van der Waals surface area contributed by atoms with Crippen LogP contribution in [0.4, 0.5) is 11.5 Å². The molecule has 0 atom stereocenters. The summed E-state index contributed by atoms with van der Waals surface area (Å²) in [6.45, 7) is 4.24. The second-order valence-corrected chi connectivity index (χ2v) is 6.55. The van der Waals surface area contributed by atoms with Crippen LogP contribution in [0.5, 0.6) is 11.6 Å². The number of rotatable bonds is 0. The quantitative estimate of drug-likeness (QED) is 0.388. The fraction of sp³-hybridized carbons (Fsp3) is 0. The van der Waals surface area contributed by atoms with E-state index in [0.717, 1.165) is 16.3 Å². The lowest BCUT2D eigenvalue weighted by atomic mass is 9.92. The predicted octanol–water partition coefficient (Wildman–Crippen LogP) is 3.17. The largest absolute Gasteiger partial charge is 0.439 e. The van der Waals surface area contributed by atoms with Crippen molar-refractivity contribution in [2.24, 2.45) is 0 Å². The molecule has 0 amide bonds. The lowest BCUT2D eigenvalue weighted by Gasteiger charge is -2.26. The lowest BCUT2D eigenvalue weighted by molar-refractivity contribution is 0.444. The number of fused-ring (bicyclic) bond motifs is 6. The zero-order valence-electron chi connectivity index (χ0n) is 14.7. The minimum atomic E-state index is 0.0345. The van der Waals surface area contributed by atoms with E-state index in [0.29, 0.717) is 22.8 Å². The van der Waals surface area contributed by atoms with Crippen molar-refractivity contribution in [3.8, 4) is 17.7 Å². The molecule has 1 aliphatic rings. The number of hydrogen-bond donors (Lipinski definition) is 3. The molecule has 4 aromatic rings. The third-order valence-corrected chi connectivity index (χ3v) is 4.97. The van der Waals surface area contributed by atoms with Crippen LogP contribution in [-0.2, 0) is 0 Å². The van der Waals surface area contributed by atoms with Gasteiger partial charge in [0.15, 0.2) is 5.65 Å². The van der Waals surface area contributed by atoms with Crippen LogP contribution in [0, 0.1) is 16.7 Å². The minimum absolute atomic E-state index is 0.0345. The zero-order valence-corrected chi connectivity index (χ0v) is 14.7. The molecule has 0 unspecified atom stereocenters. The first kappa shape index (κ1) is 15.9. The van der Waals surface area contributed by atoms with Crippen LogP contribution in [0.1, 0.15) is 16.7 Å². The number of nitrogen functional groups attached to an aromatic ring is 2. The Labute approximate surface area is 159 Å². The summed E-state index contributed by atoms with van der Waals surface area (Å²) >= 11 is 0. The summed E-state index contributed by atoms with van der Waals surface area (Å²) in [5.41, 5.74) is 14.7. The van der Waals surface area contributed by atoms with Crippen molar-refractivity contribution < 1.29 is 4.74 Å². The van der Waals surface area contributed by atoms with E-state index < -0.39 is 0 Å². The van der Waals surface area contributed by atoms with Crippen LogP contribution in [0.15, 0.2) is 49.0 Å². The Hall–Kier alpha value is -4.31. The van der Waals surface area contributed by atoms with Gasteiger partial charge < -0.3 is 16.2 Å². The Morgan fingerprint density at radius 1 is 1.14 bits per heavy atom. The molecule has 5 N–H and O–H groups in total. The number of hydrogen-bond acceptors (Lipinski definition) is 6. The standard InChI is InChI=1S/C21H14N6O/c1-10-17-12-5-3-2-4-11(12)6-7-15(17)28-21-18(10)19(25)26-20-13(9-22)14(23)8-16(24)27(20)21/h2-8,24H,1,23H2,(H2,25,26). The molecule has 28 heavy (non-hydrogen) atoms. The maximum Gasteiger partial charge on any atom is 0.219 e. The molecule has 3 heterocycles. The molecule has 0 aliphatic carbocycles. The molecular formula is C21H14N6O. The molecule has 1 aliphatic heterocycles. The SMILES string of the molecule is C=C1c2c(N)nc3c(C#N)c(N)cc(=N)n3c2Oc2ccc3ccccc3c21. The second kappa shape index (κ2) is 5.34. The van der Waals surface area contributed by atoms with E-state index in [1.54, 1.807) is 0 Å². The molecule has 0 fully saturated rings. The first-order valence-electron chi connectivity index (χ1n) is 8.50. The van der Waals surface area contributed by atoms with Crippen LogP contribution in [0.25, 0.3) is 22.0 Å². The summed E-state index contributed by atoms with van der Waals surface area (Å²) < 4.78 is 7.62. The van der Waals surface area contributed by atoms with Crippen molar-refractivity contribution in [2.75, 3.05) is 11.5 Å². The van der Waals surface area contributed by atoms with Gasteiger partial charge in [0.1, 0.15) is 28.7 Å². The molecule has 2 aromatic carbocycles. The number of ether oxygens (including phenoxy) is 1. The van der Waals surface area contributed by atoms with Crippen molar-refractivity contribution in [3.63, 3.8) is 0 Å². The van der Waals surface area contributed by atoms with Crippen molar-refractivity contribution in [2.45, 2.75) is 0 Å². The molecule has 5 rings (SSSR count). The van der Waals surface area contributed by atoms with E-state index in [2.05, 4.69) is 11.6 Å². The number of pyridine rings is 1. The van der Waals surface area contributed by atoms with Crippen molar-refractivity contribution in [1.29, 1.82) is 10.7 Å². The summed E-state index contributed by atoms with van der Waals surface area (Å²) in [5, 5.41) is 19.9. The summed E-state index contributed by atoms with van der Waals surface area (Å²) in [6, 6.07) is 15.2. The van der Waals surface area contributed by atoms with Gasteiger partial charge in [0.05, 0.1) is 11.3 Å². The number of nitriles is 1. The first-order valence-corrected chi connectivity index (χ1v) is 8.50. The van der Waals surface area contributed by atoms with Gasteiger partial charge in [-0.3, -0.25) is 5.41 Å². The van der Waals surface area contributed by atoms with Gasteiger partial charge >= 0.3 is 0 Å². The monoisotopic (exact) mass is 366 g/mol. The normalized spacial score (nSPS) is 12.3. The summed E-state index contributed by atoms with van der Waals surface area (Å²) in [7, 11) is 0. The van der Waals surface area contributed by atoms with Crippen LogP contribution in [0.2, 0.25) is 0 Å². The van der Waals surface area contributed by atoms with E-state index in [1.165, 1.54) is 10.5 Å². The Kier molecular flexibility index (Phi) is 3.04. The molecule has 0 radical (unpaired) electrons. The van der Waals surface area contributed by atoms with E-state index in [9.17, 15) is 5.26 Å². The zero-order chi connectivity index (χ0) is 19.6. The third-order valence-electron chi connectivity index (χ3n) is 4.97. The summed E-state index contributed by atoms with van der Waals surface area (Å²) in [6.07, 6.45) is 0. The maximum absolute atomic E-state index is 9.49. The molecule has 2 aromatic heterocycles. The van der Waals surface area contributed by atoms with Crippen LogP contribution >= 0.6 is 0 Å².